The largest absolute Gasteiger partial charge is 0.342 e. The van der Waals surface area contributed by atoms with Crippen molar-refractivity contribution in [2.75, 3.05) is 18.1 Å². The summed E-state index contributed by atoms with van der Waals surface area (Å²) in [5.74, 6) is 0.453. The number of nitrogens with zero attached hydrogens (tertiary/aromatic N) is 2. The van der Waals surface area contributed by atoms with E-state index in [1.807, 2.05) is 18.7 Å². The molecule has 20 heavy (non-hydrogen) atoms. The van der Waals surface area contributed by atoms with Gasteiger partial charge in [-0.15, -0.1) is 6.58 Å². The number of aliphatic imine (C=N–C) groups is 1. The molecular formula is C13H20N2O3S2. The van der Waals surface area contributed by atoms with Crippen molar-refractivity contribution < 1.29 is 13.2 Å². The highest BCUT2D eigenvalue weighted by Crippen LogP contribution is 2.38. The number of carbonyl (C=O) groups is 1. The molecule has 112 valence electrons. The van der Waals surface area contributed by atoms with Gasteiger partial charge in [-0.3, -0.25) is 4.79 Å². The Hall–Kier alpha value is -0.820. The van der Waals surface area contributed by atoms with Crippen molar-refractivity contribution in [3.63, 3.8) is 0 Å². The maximum absolute atomic E-state index is 11.8. The van der Waals surface area contributed by atoms with Crippen molar-refractivity contribution in [3.8, 4) is 0 Å². The predicted molar refractivity (Wildman–Crippen MR) is 82.6 cm³/mol. The lowest BCUT2D eigenvalue weighted by atomic mass is 10.1. The molecule has 0 spiro atoms. The smallest absolute Gasteiger partial charge is 0.248 e. The standard InChI is InChI=1S/C13H20N2O3S2/c1-4-5-15-10-7-20(17,18)8-11(10)19-13(15)14-12(16)6-9(2)3/h4,9-11H,1,5-8H2,2-3H3/t10-,11+/m1/s1. The molecule has 5 nitrogen and oxygen atoms in total. The Kier molecular flexibility index (Phi) is 4.59. The summed E-state index contributed by atoms with van der Waals surface area (Å²) in [6, 6.07) is -0.0754. The number of amidine groups is 1. The molecule has 0 aromatic rings. The molecule has 1 amide bonds. The zero-order valence-electron chi connectivity index (χ0n) is 11.8. The van der Waals surface area contributed by atoms with Crippen molar-refractivity contribution in [1.82, 2.24) is 4.90 Å². The number of carbonyl (C=O) groups excluding carboxylic acids is 1. The summed E-state index contributed by atoms with van der Waals surface area (Å²) in [5, 5.41) is 0.644. The monoisotopic (exact) mass is 316 g/mol. The highest BCUT2D eigenvalue weighted by Gasteiger charge is 2.48. The number of hydrogen-bond acceptors (Lipinski definition) is 4. The van der Waals surface area contributed by atoms with Crippen LogP contribution < -0.4 is 0 Å². The fourth-order valence-electron chi connectivity index (χ4n) is 2.49. The third-order valence-electron chi connectivity index (χ3n) is 3.30. The second-order valence-corrected chi connectivity index (χ2v) is 8.99. The zero-order valence-corrected chi connectivity index (χ0v) is 13.4. The van der Waals surface area contributed by atoms with E-state index in [1.165, 1.54) is 11.8 Å². The molecule has 2 rings (SSSR count). The van der Waals surface area contributed by atoms with Gasteiger partial charge in [0.2, 0.25) is 5.91 Å². The Balaban J connectivity index is 2.17. The third kappa shape index (κ3) is 3.44. The van der Waals surface area contributed by atoms with Crippen LogP contribution in [-0.2, 0) is 14.6 Å². The summed E-state index contributed by atoms with van der Waals surface area (Å²) in [4.78, 5) is 17.9. The topological polar surface area (TPSA) is 66.8 Å². The quantitative estimate of drug-likeness (QED) is 0.732. The lowest BCUT2D eigenvalue weighted by Gasteiger charge is -2.22. The number of rotatable bonds is 4. The lowest BCUT2D eigenvalue weighted by Crippen LogP contribution is -2.37. The maximum Gasteiger partial charge on any atom is 0.248 e. The minimum absolute atomic E-state index is 0.00875. The van der Waals surface area contributed by atoms with Gasteiger partial charge in [0.25, 0.3) is 0 Å². The van der Waals surface area contributed by atoms with Crippen LogP contribution in [0.1, 0.15) is 20.3 Å². The van der Waals surface area contributed by atoms with Gasteiger partial charge in [-0.05, 0) is 5.92 Å². The van der Waals surface area contributed by atoms with Gasteiger partial charge in [-0.2, -0.15) is 4.99 Å². The minimum Gasteiger partial charge on any atom is -0.342 e. The fraction of sp³-hybridized carbons (Fsp3) is 0.692. The third-order valence-corrected chi connectivity index (χ3v) is 6.55. The minimum atomic E-state index is -2.96. The molecule has 2 aliphatic rings. The molecule has 0 aromatic carbocycles. The van der Waals surface area contributed by atoms with Crippen molar-refractivity contribution in [2.45, 2.75) is 31.6 Å². The van der Waals surface area contributed by atoms with Gasteiger partial charge in [0.05, 0.1) is 17.5 Å². The van der Waals surface area contributed by atoms with E-state index in [0.717, 1.165) is 0 Å². The molecule has 2 atom stereocenters. The number of amides is 1. The van der Waals surface area contributed by atoms with Crippen LogP contribution in [0.5, 0.6) is 0 Å². The molecule has 2 heterocycles. The van der Waals surface area contributed by atoms with Gasteiger partial charge in [-0.1, -0.05) is 31.7 Å². The normalized spacial score (nSPS) is 29.9. The van der Waals surface area contributed by atoms with Crippen molar-refractivity contribution in [3.05, 3.63) is 12.7 Å². The van der Waals surface area contributed by atoms with Crippen LogP contribution in [0, 0.1) is 5.92 Å². The average Bonchev–Trinajstić information content (AvgIpc) is 2.72. The molecule has 2 saturated heterocycles. The van der Waals surface area contributed by atoms with Crippen LogP contribution in [0.15, 0.2) is 17.6 Å². The molecule has 0 aromatic heterocycles. The van der Waals surface area contributed by atoms with E-state index in [4.69, 9.17) is 0 Å². The number of thioether (sulfide) groups is 1. The second kappa shape index (κ2) is 5.89. The molecule has 7 heteroatoms. The Morgan fingerprint density at radius 1 is 1.55 bits per heavy atom. The van der Waals surface area contributed by atoms with E-state index in [-0.39, 0.29) is 34.6 Å². The number of fused-ring (bicyclic) bond motifs is 1. The predicted octanol–water partition coefficient (Wildman–Crippen LogP) is 1.32. The summed E-state index contributed by atoms with van der Waals surface area (Å²) in [6.45, 7) is 8.17. The lowest BCUT2D eigenvalue weighted by molar-refractivity contribution is -0.118. The van der Waals surface area contributed by atoms with E-state index in [2.05, 4.69) is 11.6 Å². The van der Waals surface area contributed by atoms with E-state index in [1.54, 1.807) is 6.08 Å². The van der Waals surface area contributed by atoms with Gasteiger partial charge in [-0.25, -0.2) is 8.42 Å². The molecule has 0 unspecified atom stereocenters. The Labute approximate surface area is 124 Å². The molecular weight excluding hydrogens is 296 g/mol. The fourth-order valence-corrected chi connectivity index (χ4v) is 6.47. The highest BCUT2D eigenvalue weighted by atomic mass is 32.2. The zero-order chi connectivity index (χ0) is 14.9. The summed E-state index contributed by atoms with van der Waals surface area (Å²) in [7, 11) is -2.96. The molecule has 0 radical (unpaired) electrons. The van der Waals surface area contributed by atoms with Gasteiger partial charge < -0.3 is 4.90 Å². The van der Waals surface area contributed by atoms with Crippen LogP contribution >= 0.6 is 11.8 Å². The first-order valence-corrected chi connectivity index (χ1v) is 9.38. The number of sulfone groups is 1. The first-order valence-electron chi connectivity index (χ1n) is 6.68. The van der Waals surface area contributed by atoms with Crippen LogP contribution in [0.3, 0.4) is 0 Å². The van der Waals surface area contributed by atoms with Crippen LogP contribution in [-0.4, -0.2) is 53.7 Å². The van der Waals surface area contributed by atoms with Crippen LogP contribution in [0.2, 0.25) is 0 Å². The average molecular weight is 316 g/mol. The van der Waals surface area contributed by atoms with Crippen LogP contribution in [0.4, 0.5) is 0 Å². The number of hydrogen-bond donors (Lipinski definition) is 0. The molecule has 0 aliphatic carbocycles. The molecule has 2 fully saturated rings. The van der Waals surface area contributed by atoms with Crippen LogP contribution in [0.25, 0.3) is 0 Å². The van der Waals surface area contributed by atoms with Gasteiger partial charge in [0, 0.05) is 18.2 Å². The Morgan fingerprint density at radius 2 is 2.25 bits per heavy atom. The summed E-state index contributed by atoms with van der Waals surface area (Å²) in [5.41, 5.74) is 0. The molecule has 0 N–H and O–H groups in total. The van der Waals surface area contributed by atoms with E-state index >= 15 is 0 Å². The first kappa shape index (κ1) is 15.6. The van der Waals surface area contributed by atoms with E-state index in [0.29, 0.717) is 18.1 Å². The summed E-state index contributed by atoms with van der Waals surface area (Å²) in [6.07, 6.45) is 2.13. The Morgan fingerprint density at radius 3 is 2.85 bits per heavy atom. The SMILES string of the molecule is C=CCN1C(=NC(=O)CC(C)C)S[C@H]2CS(=O)(=O)C[C@H]21. The second-order valence-electron chi connectivity index (χ2n) is 5.63. The van der Waals surface area contributed by atoms with E-state index in [9.17, 15) is 13.2 Å². The Bertz CT molecular complexity index is 540. The van der Waals surface area contributed by atoms with Gasteiger partial charge >= 0.3 is 0 Å². The molecule has 0 saturated carbocycles. The van der Waals surface area contributed by atoms with E-state index < -0.39 is 9.84 Å². The van der Waals surface area contributed by atoms with Crippen molar-refractivity contribution >= 4 is 32.7 Å². The highest BCUT2D eigenvalue weighted by molar-refractivity contribution is 8.15. The summed E-state index contributed by atoms with van der Waals surface area (Å²) < 4.78 is 23.4. The summed E-state index contributed by atoms with van der Waals surface area (Å²) >= 11 is 1.42. The molecule has 0 bridgehead atoms. The first-order chi connectivity index (χ1) is 9.32. The maximum atomic E-state index is 11.8. The van der Waals surface area contributed by atoms with Gasteiger partial charge in [0.1, 0.15) is 0 Å². The molecule has 2 aliphatic heterocycles. The van der Waals surface area contributed by atoms with Crippen molar-refractivity contribution in [2.24, 2.45) is 10.9 Å². The van der Waals surface area contributed by atoms with Crippen molar-refractivity contribution in [1.29, 1.82) is 0 Å². The van der Waals surface area contributed by atoms with Gasteiger partial charge in [0.15, 0.2) is 15.0 Å².